The predicted molar refractivity (Wildman–Crippen MR) is 94.9 cm³/mol. The molecule has 0 N–H and O–H groups in total. The maximum Gasteiger partial charge on any atom is 0.198 e. The zero-order valence-electron chi connectivity index (χ0n) is 14.2. The molecule has 6 nitrogen and oxygen atoms in total. The number of benzene rings is 1. The maximum absolute atomic E-state index is 6.17. The molecule has 130 valence electrons. The van der Waals surface area contributed by atoms with Gasteiger partial charge in [0.1, 0.15) is 12.4 Å². The van der Waals surface area contributed by atoms with Crippen molar-refractivity contribution >= 4 is 12.2 Å². The van der Waals surface area contributed by atoms with E-state index in [1.54, 1.807) is 6.33 Å². The minimum atomic E-state index is 0.222. The summed E-state index contributed by atoms with van der Waals surface area (Å²) in [5, 5.41) is 4.31. The van der Waals surface area contributed by atoms with Gasteiger partial charge in [-0.05, 0) is 44.1 Å². The van der Waals surface area contributed by atoms with Gasteiger partial charge in [0.05, 0.1) is 13.3 Å². The predicted octanol–water partition coefficient (Wildman–Crippen LogP) is 2.85. The first-order chi connectivity index (χ1) is 11.7. The highest BCUT2D eigenvalue weighted by molar-refractivity contribution is 7.71. The number of hydrogen-bond acceptors (Lipinski definition) is 5. The van der Waals surface area contributed by atoms with E-state index < -0.39 is 0 Å². The zero-order valence-corrected chi connectivity index (χ0v) is 15.0. The SMILES string of the molecule is CCOc1ccccc1OC1CCN(Cn2ncn(C)c2=S)CC1. The second-order valence-electron chi connectivity index (χ2n) is 5.98. The van der Waals surface area contributed by atoms with Gasteiger partial charge in [0.2, 0.25) is 0 Å². The van der Waals surface area contributed by atoms with E-state index in [1.807, 2.05) is 47.5 Å². The average molecular weight is 348 g/mol. The van der Waals surface area contributed by atoms with E-state index in [9.17, 15) is 0 Å². The highest BCUT2D eigenvalue weighted by Gasteiger charge is 2.22. The van der Waals surface area contributed by atoms with Crippen molar-refractivity contribution in [2.75, 3.05) is 19.7 Å². The first kappa shape index (κ1) is 17.0. The highest BCUT2D eigenvalue weighted by atomic mass is 32.1. The minimum Gasteiger partial charge on any atom is -0.490 e. The van der Waals surface area contributed by atoms with E-state index in [-0.39, 0.29) is 6.10 Å². The lowest BCUT2D eigenvalue weighted by Gasteiger charge is -2.32. The van der Waals surface area contributed by atoms with Gasteiger partial charge in [-0.1, -0.05) is 12.1 Å². The molecule has 0 saturated carbocycles. The van der Waals surface area contributed by atoms with Crippen LogP contribution in [0, 0.1) is 4.77 Å². The molecule has 1 aliphatic heterocycles. The Morgan fingerprint density at radius 1 is 1.21 bits per heavy atom. The van der Waals surface area contributed by atoms with Crippen LogP contribution in [0.15, 0.2) is 30.6 Å². The number of piperidine rings is 1. The summed E-state index contributed by atoms with van der Waals surface area (Å²) < 4.78 is 16.3. The molecule has 0 bridgehead atoms. The van der Waals surface area contributed by atoms with Crippen molar-refractivity contribution < 1.29 is 9.47 Å². The maximum atomic E-state index is 6.17. The molecule has 1 aliphatic rings. The molecule has 0 spiro atoms. The third kappa shape index (κ3) is 3.96. The molecule has 2 heterocycles. The van der Waals surface area contributed by atoms with Crippen LogP contribution in [-0.2, 0) is 13.7 Å². The van der Waals surface area contributed by atoms with Gasteiger partial charge in [-0.3, -0.25) is 4.90 Å². The highest BCUT2D eigenvalue weighted by Crippen LogP contribution is 2.29. The molecule has 0 amide bonds. The summed E-state index contributed by atoms with van der Waals surface area (Å²) in [5.74, 6) is 1.66. The van der Waals surface area contributed by atoms with Gasteiger partial charge in [-0.25, -0.2) is 4.68 Å². The van der Waals surface area contributed by atoms with E-state index in [0.29, 0.717) is 6.61 Å². The van der Waals surface area contributed by atoms with Gasteiger partial charge in [-0.15, -0.1) is 0 Å². The van der Waals surface area contributed by atoms with E-state index >= 15 is 0 Å². The van der Waals surface area contributed by atoms with Crippen molar-refractivity contribution in [1.82, 2.24) is 19.2 Å². The van der Waals surface area contributed by atoms with Crippen LogP contribution >= 0.6 is 12.2 Å². The minimum absolute atomic E-state index is 0.222. The molecule has 1 fully saturated rings. The molecule has 1 aromatic heterocycles. The second kappa shape index (κ2) is 7.81. The molecule has 1 aromatic carbocycles. The Morgan fingerprint density at radius 2 is 1.92 bits per heavy atom. The average Bonchev–Trinajstić information content (AvgIpc) is 2.91. The molecule has 7 heteroatoms. The molecule has 3 rings (SSSR count). The number of hydrogen-bond donors (Lipinski definition) is 0. The fraction of sp³-hybridized carbons (Fsp3) is 0.529. The number of rotatable bonds is 6. The molecule has 0 radical (unpaired) electrons. The van der Waals surface area contributed by atoms with Gasteiger partial charge in [0, 0.05) is 20.1 Å². The van der Waals surface area contributed by atoms with Gasteiger partial charge in [0.15, 0.2) is 16.3 Å². The quantitative estimate of drug-likeness (QED) is 0.751. The first-order valence-electron chi connectivity index (χ1n) is 8.36. The summed E-state index contributed by atoms with van der Waals surface area (Å²) in [4.78, 5) is 2.36. The van der Waals surface area contributed by atoms with Crippen molar-refractivity contribution in [1.29, 1.82) is 0 Å². The van der Waals surface area contributed by atoms with Crippen LogP contribution in [0.3, 0.4) is 0 Å². The number of nitrogens with zero attached hydrogens (tertiary/aromatic N) is 4. The zero-order chi connectivity index (χ0) is 16.9. The van der Waals surface area contributed by atoms with Crippen LogP contribution in [0.25, 0.3) is 0 Å². The van der Waals surface area contributed by atoms with E-state index in [1.165, 1.54) is 0 Å². The van der Waals surface area contributed by atoms with Crippen LogP contribution in [0.4, 0.5) is 0 Å². The molecular weight excluding hydrogens is 324 g/mol. The van der Waals surface area contributed by atoms with E-state index in [0.717, 1.165) is 48.9 Å². The van der Waals surface area contributed by atoms with Gasteiger partial charge in [0.25, 0.3) is 0 Å². The fourth-order valence-corrected chi connectivity index (χ4v) is 3.03. The summed E-state index contributed by atoms with van der Waals surface area (Å²) in [6, 6.07) is 7.88. The third-order valence-electron chi connectivity index (χ3n) is 4.20. The van der Waals surface area contributed by atoms with E-state index in [4.69, 9.17) is 21.7 Å². The molecule has 0 atom stereocenters. The molecule has 2 aromatic rings. The van der Waals surface area contributed by atoms with Gasteiger partial charge < -0.3 is 14.0 Å². The fourth-order valence-electron chi connectivity index (χ4n) is 2.88. The first-order valence-corrected chi connectivity index (χ1v) is 8.77. The van der Waals surface area contributed by atoms with Crippen LogP contribution in [-0.4, -0.2) is 45.0 Å². The topological polar surface area (TPSA) is 44.5 Å². The Hall–Kier alpha value is -1.86. The normalized spacial score (nSPS) is 16.2. The Labute approximate surface area is 147 Å². The number of ether oxygens (including phenoxy) is 2. The molecule has 1 saturated heterocycles. The lowest BCUT2D eigenvalue weighted by atomic mass is 10.1. The van der Waals surface area contributed by atoms with Gasteiger partial charge in [-0.2, -0.15) is 5.10 Å². The van der Waals surface area contributed by atoms with Crippen LogP contribution in [0.5, 0.6) is 11.5 Å². The Balaban J connectivity index is 1.54. The molecule has 24 heavy (non-hydrogen) atoms. The molecule has 0 aliphatic carbocycles. The Bertz CT molecular complexity index is 719. The number of aryl methyl sites for hydroxylation is 1. The number of aromatic nitrogens is 3. The molecule has 0 unspecified atom stereocenters. The van der Waals surface area contributed by atoms with Crippen LogP contribution in [0.1, 0.15) is 19.8 Å². The van der Waals surface area contributed by atoms with Crippen molar-refractivity contribution in [2.24, 2.45) is 7.05 Å². The second-order valence-corrected chi connectivity index (χ2v) is 6.35. The third-order valence-corrected chi connectivity index (χ3v) is 4.70. The lowest BCUT2D eigenvalue weighted by molar-refractivity contribution is 0.0778. The van der Waals surface area contributed by atoms with Crippen LogP contribution in [0.2, 0.25) is 0 Å². The van der Waals surface area contributed by atoms with Crippen LogP contribution < -0.4 is 9.47 Å². The number of para-hydroxylation sites is 2. The monoisotopic (exact) mass is 348 g/mol. The number of likely N-dealkylation sites (tertiary alicyclic amines) is 1. The van der Waals surface area contributed by atoms with Gasteiger partial charge >= 0.3 is 0 Å². The van der Waals surface area contributed by atoms with Crippen molar-refractivity contribution in [3.63, 3.8) is 0 Å². The largest absolute Gasteiger partial charge is 0.490 e. The molecular formula is C17H24N4O2S. The standard InChI is InChI=1S/C17H24N4O2S/c1-3-22-15-6-4-5-7-16(15)23-14-8-10-20(11-9-14)13-21-17(24)19(2)12-18-21/h4-7,12,14H,3,8-11,13H2,1-2H3. The lowest BCUT2D eigenvalue weighted by Crippen LogP contribution is -2.39. The summed E-state index contributed by atoms with van der Waals surface area (Å²) >= 11 is 5.34. The summed E-state index contributed by atoms with van der Waals surface area (Å²) in [6.07, 6.45) is 3.95. The van der Waals surface area contributed by atoms with Crippen molar-refractivity contribution in [2.45, 2.75) is 32.5 Å². The Morgan fingerprint density at radius 3 is 2.54 bits per heavy atom. The Kier molecular flexibility index (Phi) is 5.52. The smallest absolute Gasteiger partial charge is 0.198 e. The van der Waals surface area contributed by atoms with E-state index in [2.05, 4.69) is 10.00 Å². The van der Waals surface area contributed by atoms with Crippen molar-refractivity contribution in [3.05, 3.63) is 35.4 Å². The van der Waals surface area contributed by atoms with Crippen molar-refractivity contribution in [3.8, 4) is 11.5 Å². The summed E-state index contributed by atoms with van der Waals surface area (Å²) in [6.45, 7) is 5.31. The summed E-state index contributed by atoms with van der Waals surface area (Å²) in [7, 11) is 1.92. The summed E-state index contributed by atoms with van der Waals surface area (Å²) in [5.41, 5.74) is 0.